The number of aromatic amines is 1. The second-order valence-electron chi connectivity index (χ2n) is 7.54. The molecule has 0 saturated heterocycles. The maximum absolute atomic E-state index is 13.2. The average Bonchev–Trinajstić information content (AvgIpc) is 3.26. The van der Waals surface area contributed by atoms with Crippen LogP contribution in [0, 0.1) is 0 Å². The summed E-state index contributed by atoms with van der Waals surface area (Å²) in [7, 11) is 0. The fourth-order valence-corrected chi connectivity index (χ4v) is 4.46. The molecule has 4 aromatic rings. The molecular weight excluding hydrogens is 449 g/mol. The molecule has 32 heavy (non-hydrogen) atoms. The fraction of sp³-hybridized carbons (Fsp3) is 0.182. The number of carbonyl (C=O) groups is 1. The number of hydrogen-bond acceptors (Lipinski definition) is 6. The fourth-order valence-electron chi connectivity index (χ4n) is 3.93. The molecule has 3 heterocycles. The summed E-state index contributed by atoms with van der Waals surface area (Å²) in [6.45, 7) is 0.606. The van der Waals surface area contributed by atoms with Gasteiger partial charge in [-0.2, -0.15) is 5.10 Å². The van der Waals surface area contributed by atoms with Crippen LogP contribution in [-0.2, 0) is 11.2 Å². The van der Waals surface area contributed by atoms with Crippen molar-refractivity contribution in [1.82, 2.24) is 20.2 Å². The minimum atomic E-state index is -0.0591. The van der Waals surface area contributed by atoms with E-state index in [1.54, 1.807) is 29.3 Å². The van der Waals surface area contributed by atoms with Gasteiger partial charge in [0.05, 0.1) is 18.1 Å². The number of hydrogen-bond donors (Lipinski definition) is 3. The van der Waals surface area contributed by atoms with Gasteiger partial charge in [-0.25, -0.2) is 9.97 Å². The summed E-state index contributed by atoms with van der Waals surface area (Å²) in [6, 6.07) is 13.0. The van der Waals surface area contributed by atoms with Crippen molar-refractivity contribution in [1.29, 1.82) is 0 Å². The van der Waals surface area contributed by atoms with Crippen LogP contribution < -0.4 is 15.5 Å². The van der Waals surface area contributed by atoms with Crippen LogP contribution in [0.25, 0.3) is 11.0 Å². The third-order valence-corrected chi connectivity index (χ3v) is 5.78. The molecule has 3 N–H and O–H groups in total. The van der Waals surface area contributed by atoms with Gasteiger partial charge in [0.25, 0.3) is 0 Å². The average molecular weight is 468 g/mol. The number of aromatic nitrogens is 4. The van der Waals surface area contributed by atoms with Gasteiger partial charge in [-0.3, -0.25) is 9.89 Å². The van der Waals surface area contributed by atoms with Gasteiger partial charge in [-0.05, 0) is 36.2 Å². The van der Waals surface area contributed by atoms with E-state index in [2.05, 4.69) is 30.8 Å². The molecular formula is C22H19Cl2N7O. The quantitative estimate of drug-likeness (QED) is 0.407. The first-order chi connectivity index (χ1) is 15.6. The Morgan fingerprint density at radius 3 is 2.81 bits per heavy atom. The lowest BCUT2D eigenvalue weighted by atomic mass is 9.97. The van der Waals surface area contributed by atoms with Crippen LogP contribution in [0.1, 0.15) is 5.56 Å². The van der Waals surface area contributed by atoms with Gasteiger partial charge >= 0.3 is 0 Å². The molecule has 0 radical (unpaired) electrons. The molecule has 1 atom stereocenters. The standard InChI is InChI=1S/C22H19Cl2N7O/c23-14-6-15(24)8-16(7-14)25-10-20(32)31-11-17(5-13-3-1-2-4-19(13)31)29-21-18-9-28-30-22(18)27-12-26-21/h1-4,6-9,12,17,25H,5,10-11H2,(H2,26,27,28,29,30). The van der Waals surface area contributed by atoms with Crippen molar-refractivity contribution in [3.05, 3.63) is 70.6 Å². The Balaban J connectivity index is 1.36. The van der Waals surface area contributed by atoms with E-state index in [9.17, 15) is 4.79 Å². The van der Waals surface area contributed by atoms with Crippen molar-refractivity contribution in [3.63, 3.8) is 0 Å². The summed E-state index contributed by atoms with van der Waals surface area (Å²) in [5, 5.41) is 15.3. The van der Waals surface area contributed by atoms with Gasteiger partial charge in [0.2, 0.25) is 5.91 Å². The van der Waals surface area contributed by atoms with Gasteiger partial charge in [0.1, 0.15) is 12.1 Å². The molecule has 5 rings (SSSR count). The lowest BCUT2D eigenvalue weighted by Gasteiger charge is -2.35. The van der Waals surface area contributed by atoms with E-state index in [0.29, 0.717) is 33.7 Å². The normalized spacial score (nSPS) is 15.4. The summed E-state index contributed by atoms with van der Waals surface area (Å²) in [5.74, 6) is 0.628. The third-order valence-electron chi connectivity index (χ3n) is 5.35. The Hall–Kier alpha value is -3.36. The van der Waals surface area contributed by atoms with E-state index in [1.807, 2.05) is 24.3 Å². The SMILES string of the molecule is O=C(CNc1cc(Cl)cc(Cl)c1)N1CC(Nc2ncnc3[nH]ncc23)Cc2ccccc21. The molecule has 1 unspecified atom stereocenters. The first-order valence-electron chi connectivity index (χ1n) is 10.1. The summed E-state index contributed by atoms with van der Waals surface area (Å²) < 4.78 is 0. The Kier molecular flexibility index (Phi) is 5.55. The molecule has 0 fully saturated rings. The van der Waals surface area contributed by atoms with Crippen molar-refractivity contribution >= 4 is 57.3 Å². The lowest BCUT2D eigenvalue weighted by Crippen LogP contribution is -2.47. The minimum absolute atomic E-state index is 0.0255. The van der Waals surface area contributed by atoms with Crippen LogP contribution in [0.15, 0.2) is 55.0 Å². The second-order valence-corrected chi connectivity index (χ2v) is 8.42. The van der Waals surface area contributed by atoms with Gasteiger partial charge in [0, 0.05) is 34.0 Å². The highest BCUT2D eigenvalue weighted by Crippen LogP contribution is 2.29. The van der Waals surface area contributed by atoms with E-state index in [1.165, 1.54) is 6.33 Å². The van der Waals surface area contributed by atoms with Crippen molar-refractivity contribution in [2.45, 2.75) is 12.5 Å². The zero-order valence-electron chi connectivity index (χ0n) is 16.8. The first-order valence-corrected chi connectivity index (χ1v) is 10.8. The Bertz CT molecular complexity index is 1270. The molecule has 0 bridgehead atoms. The van der Waals surface area contributed by atoms with Gasteiger partial charge in [-0.1, -0.05) is 41.4 Å². The number of carbonyl (C=O) groups excluding carboxylic acids is 1. The van der Waals surface area contributed by atoms with Crippen molar-refractivity contribution in [2.24, 2.45) is 0 Å². The lowest BCUT2D eigenvalue weighted by molar-refractivity contribution is -0.117. The van der Waals surface area contributed by atoms with E-state index in [-0.39, 0.29) is 18.5 Å². The van der Waals surface area contributed by atoms with Crippen molar-refractivity contribution < 1.29 is 4.79 Å². The number of fused-ring (bicyclic) bond motifs is 2. The molecule has 1 amide bonds. The Morgan fingerprint density at radius 2 is 1.97 bits per heavy atom. The number of rotatable bonds is 5. The first kappa shape index (κ1) is 20.5. The van der Waals surface area contributed by atoms with Gasteiger partial charge in [0.15, 0.2) is 5.65 Å². The number of halogens is 2. The Morgan fingerprint density at radius 1 is 1.16 bits per heavy atom. The van der Waals surface area contributed by atoms with Crippen molar-refractivity contribution in [3.8, 4) is 0 Å². The van der Waals surface area contributed by atoms with Gasteiger partial charge in [-0.15, -0.1) is 0 Å². The number of nitrogens with zero attached hydrogens (tertiary/aromatic N) is 4. The molecule has 0 saturated carbocycles. The minimum Gasteiger partial charge on any atom is -0.376 e. The predicted molar refractivity (Wildman–Crippen MR) is 127 cm³/mol. The zero-order valence-corrected chi connectivity index (χ0v) is 18.4. The molecule has 10 heteroatoms. The number of benzene rings is 2. The maximum atomic E-state index is 13.2. The number of H-pyrrole nitrogens is 1. The third kappa shape index (κ3) is 4.19. The number of anilines is 3. The number of amides is 1. The van der Waals surface area contributed by atoms with Crippen LogP contribution in [0.5, 0.6) is 0 Å². The van der Waals surface area contributed by atoms with Crippen LogP contribution in [0.2, 0.25) is 10.0 Å². The van der Waals surface area contributed by atoms with Crippen LogP contribution in [0.3, 0.4) is 0 Å². The number of para-hydroxylation sites is 1. The van der Waals surface area contributed by atoms with Gasteiger partial charge < -0.3 is 15.5 Å². The molecule has 2 aromatic heterocycles. The van der Waals surface area contributed by atoms with Crippen LogP contribution in [0.4, 0.5) is 17.2 Å². The zero-order chi connectivity index (χ0) is 22.1. The van der Waals surface area contributed by atoms with E-state index < -0.39 is 0 Å². The van der Waals surface area contributed by atoms with Crippen molar-refractivity contribution in [2.75, 3.05) is 28.6 Å². The largest absolute Gasteiger partial charge is 0.376 e. The molecule has 2 aromatic carbocycles. The van der Waals surface area contributed by atoms with E-state index in [0.717, 1.165) is 23.1 Å². The summed E-state index contributed by atoms with van der Waals surface area (Å²) in [5.41, 5.74) is 3.36. The molecule has 8 nitrogen and oxygen atoms in total. The van der Waals surface area contributed by atoms with E-state index in [4.69, 9.17) is 23.2 Å². The molecule has 0 spiro atoms. The smallest absolute Gasteiger partial charge is 0.246 e. The predicted octanol–water partition coefficient (Wildman–Crippen LogP) is 4.14. The Labute approximate surface area is 194 Å². The molecule has 1 aliphatic rings. The monoisotopic (exact) mass is 467 g/mol. The highest BCUT2D eigenvalue weighted by atomic mass is 35.5. The number of nitrogens with one attached hydrogen (secondary N) is 3. The highest BCUT2D eigenvalue weighted by molar-refractivity contribution is 6.35. The highest BCUT2D eigenvalue weighted by Gasteiger charge is 2.28. The second kappa shape index (κ2) is 8.64. The van der Waals surface area contributed by atoms with Crippen LogP contribution >= 0.6 is 23.2 Å². The maximum Gasteiger partial charge on any atom is 0.246 e. The molecule has 1 aliphatic heterocycles. The molecule has 162 valence electrons. The van der Waals surface area contributed by atoms with E-state index >= 15 is 0 Å². The summed E-state index contributed by atoms with van der Waals surface area (Å²) >= 11 is 12.1. The summed E-state index contributed by atoms with van der Waals surface area (Å²) in [4.78, 5) is 23.5. The topological polar surface area (TPSA) is 98.8 Å². The molecule has 0 aliphatic carbocycles. The summed E-state index contributed by atoms with van der Waals surface area (Å²) in [6.07, 6.45) is 3.95. The van der Waals surface area contributed by atoms with Crippen LogP contribution in [-0.4, -0.2) is 45.2 Å².